The van der Waals surface area contributed by atoms with Crippen LogP contribution in [-0.4, -0.2) is 16.8 Å². The van der Waals surface area contributed by atoms with Crippen LogP contribution in [0.2, 0.25) is 0 Å². The van der Waals surface area contributed by atoms with Crippen LogP contribution in [0.1, 0.15) is 27.0 Å². The SMILES string of the molecule is O=C(Nc1ccc(C(F)(F)F)cc1)c1cccc2c1-c1ccccc1/C2=N/O. The van der Waals surface area contributed by atoms with E-state index in [4.69, 9.17) is 0 Å². The molecule has 7 heteroatoms. The number of amides is 1. The van der Waals surface area contributed by atoms with Gasteiger partial charge in [0, 0.05) is 27.9 Å². The number of carbonyl (C=O) groups excluding carboxylic acids is 1. The minimum absolute atomic E-state index is 0.248. The number of hydrogen-bond donors (Lipinski definition) is 2. The topological polar surface area (TPSA) is 61.7 Å². The van der Waals surface area contributed by atoms with Crippen LogP contribution in [0.4, 0.5) is 18.9 Å². The van der Waals surface area contributed by atoms with E-state index < -0.39 is 17.6 Å². The second-order valence-corrected chi connectivity index (χ2v) is 6.25. The molecule has 0 bridgehead atoms. The summed E-state index contributed by atoms with van der Waals surface area (Å²) in [4.78, 5) is 12.8. The molecular weight excluding hydrogens is 369 g/mol. The predicted molar refractivity (Wildman–Crippen MR) is 98.7 cm³/mol. The molecule has 0 saturated heterocycles. The van der Waals surface area contributed by atoms with E-state index in [0.717, 1.165) is 17.7 Å². The highest BCUT2D eigenvalue weighted by Crippen LogP contribution is 2.39. The van der Waals surface area contributed by atoms with Crippen molar-refractivity contribution in [2.75, 3.05) is 5.32 Å². The van der Waals surface area contributed by atoms with Gasteiger partial charge in [0.2, 0.25) is 0 Å². The summed E-state index contributed by atoms with van der Waals surface area (Å²) in [5.74, 6) is -0.467. The van der Waals surface area contributed by atoms with Gasteiger partial charge in [-0.3, -0.25) is 4.79 Å². The van der Waals surface area contributed by atoms with Crippen LogP contribution in [0.15, 0.2) is 71.9 Å². The van der Waals surface area contributed by atoms with Crippen LogP contribution in [-0.2, 0) is 6.18 Å². The fourth-order valence-corrected chi connectivity index (χ4v) is 3.33. The summed E-state index contributed by atoms with van der Waals surface area (Å²) in [6.07, 6.45) is -4.44. The van der Waals surface area contributed by atoms with Gasteiger partial charge in [-0.05, 0) is 35.9 Å². The molecule has 28 heavy (non-hydrogen) atoms. The van der Waals surface area contributed by atoms with Gasteiger partial charge in [-0.1, -0.05) is 41.6 Å². The molecule has 4 rings (SSSR count). The van der Waals surface area contributed by atoms with Crippen molar-refractivity contribution >= 4 is 17.3 Å². The maximum atomic E-state index is 12.8. The normalized spacial score (nSPS) is 13.9. The minimum atomic E-state index is -4.44. The number of nitrogens with zero attached hydrogens (tertiary/aromatic N) is 1. The lowest BCUT2D eigenvalue weighted by molar-refractivity contribution is -0.137. The third kappa shape index (κ3) is 2.90. The highest BCUT2D eigenvalue weighted by Gasteiger charge is 2.31. The van der Waals surface area contributed by atoms with Crippen LogP contribution in [0.3, 0.4) is 0 Å². The van der Waals surface area contributed by atoms with Crippen LogP contribution in [0.5, 0.6) is 0 Å². The Hall–Kier alpha value is -3.61. The Kier molecular flexibility index (Phi) is 4.15. The molecular formula is C21H13F3N2O2. The molecule has 1 aliphatic carbocycles. The van der Waals surface area contributed by atoms with Crippen LogP contribution in [0.25, 0.3) is 11.1 Å². The number of fused-ring (bicyclic) bond motifs is 3. The number of benzene rings is 3. The summed E-state index contributed by atoms with van der Waals surface area (Å²) in [7, 11) is 0. The molecule has 2 N–H and O–H groups in total. The first-order chi connectivity index (χ1) is 13.4. The lowest BCUT2D eigenvalue weighted by atomic mass is 9.99. The fourth-order valence-electron chi connectivity index (χ4n) is 3.33. The van der Waals surface area contributed by atoms with Gasteiger partial charge in [0.25, 0.3) is 5.91 Å². The summed E-state index contributed by atoms with van der Waals surface area (Å²) >= 11 is 0. The Balaban J connectivity index is 1.71. The molecule has 3 aromatic rings. The van der Waals surface area contributed by atoms with Crippen molar-refractivity contribution < 1.29 is 23.2 Å². The number of carbonyl (C=O) groups is 1. The number of rotatable bonds is 2. The van der Waals surface area contributed by atoms with E-state index in [1.807, 2.05) is 12.1 Å². The Bertz CT molecular complexity index is 1100. The highest BCUT2D eigenvalue weighted by atomic mass is 19.4. The molecule has 4 nitrogen and oxygen atoms in total. The molecule has 1 aliphatic rings. The third-order valence-electron chi connectivity index (χ3n) is 4.59. The van der Waals surface area contributed by atoms with Crippen LogP contribution >= 0.6 is 0 Å². The number of anilines is 1. The van der Waals surface area contributed by atoms with Gasteiger partial charge in [0.15, 0.2) is 0 Å². The maximum absolute atomic E-state index is 12.8. The molecule has 0 unspecified atom stereocenters. The summed E-state index contributed by atoms with van der Waals surface area (Å²) in [6.45, 7) is 0. The Morgan fingerprint density at radius 2 is 1.50 bits per heavy atom. The molecule has 0 spiro atoms. The first kappa shape index (κ1) is 17.8. The molecule has 3 aromatic carbocycles. The standard InChI is InChI=1S/C21H13F3N2O2/c22-21(23,24)12-8-10-13(11-9-12)25-20(27)17-7-3-6-16-18(17)14-4-1-2-5-15(14)19(16)26-28/h1-11,28H,(H,25,27)/b26-19-. The zero-order chi connectivity index (χ0) is 19.9. The first-order valence-corrected chi connectivity index (χ1v) is 8.34. The zero-order valence-electron chi connectivity index (χ0n) is 14.3. The number of oxime groups is 1. The summed E-state index contributed by atoms with van der Waals surface area (Å²) in [6, 6.07) is 16.5. The first-order valence-electron chi connectivity index (χ1n) is 8.34. The largest absolute Gasteiger partial charge is 0.416 e. The van der Waals surface area contributed by atoms with Crippen molar-refractivity contribution in [1.29, 1.82) is 0 Å². The van der Waals surface area contributed by atoms with E-state index in [9.17, 15) is 23.2 Å². The van der Waals surface area contributed by atoms with Crippen LogP contribution in [0, 0.1) is 0 Å². The number of nitrogens with one attached hydrogen (secondary N) is 1. The lowest BCUT2D eigenvalue weighted by Gasteiger charge is -2.11. The van der Waals surface area contributed by atoms with Crippen molar-refractivity contribution in [3.05, 3.63) is 89.0 Å². The molecule has 1 amide bonds. The number of alkyl halides is 3. The number of halogens is 3. The molecule has 0 radical (unpaired) electrons. The molecule has 0 aromatic heterocycles. The highest BCUT2D eigenvalue weighted by molar-refractivity contribution is 6.27. The van der Waals surface area contributed by atoms with Gasteiger partial charge >= 0.3 is 6.18 Å². The van der Waals surface area contributed by atoms with E-state index in [2.05, 4.69) is 10.5 Å². The summed E-state index contributed by atoms with van der Waals surface area (Å²) in [5, 5.41) is 15.4. The van der Waals surface area contributed by atoms with Crippen molar-refractivity contribution in [2.45, 2.75) is 6.18 Å². The Labute approximate surface area is 157 Å². The summed E-state index contributed by atoms with van der Waals surface area (Å²) < 4.78 is 38.1. The van der Waals surface area contributed by atoms with Crippen molar-refractivity contribution in [2.24, 2.45) is 5.16 Å². The van der Waals surface area contributed by atoms with Crippen LogP contribution < -0.4 is 5.32 Å². The minimum Gasteiger partial charge on any atom is -0.410 e. The van der Waals surface area contributed by atoms with Crippen molar-refractivity contribution in [1.82, 2.24) is 0 Å². The second-order valence-electron chi connectivity index (χ2n) is 6.25. The Morgan fingerprint density at radius 3 is 2.14 bits per heavy atom. The van der Waals surface area contributed by atoms with E-state index in [0.29, 0.717) is 28.0 Å². The molecule has 0 saturated carbocycles. The van der Waals surface area contributed by atoms with E-state index in [1.165, 1.54) is 12.1 Å². The lowest BCUT2D eigenvalue weighted by Crippen LogP contribution is -2.14. The average Bonchev–Trinajstić information content (AvgIpc) is 3.01. The third-order valence-corrected chi connectivity index (χ3v) is 4.59. The molecule has 0 heterocycles. The Morgan fingerprint density at radius 1 is 0.857 bits per heavy atom. The zero-order valence-corrected chi connectivity index (χ0v) is 14.3. The van der Waals surface area contributed by atoms with Gasteiger partial charge in [-0.25, -0.2) is 0 Å². The van der Waals surface area contributed by atoms with E-state index in [-0.39, 0.29) is 5.69 Å². The fraction of sp³-hybridized carbons (Fsp3) is 0.0476. The average molecular weight is 382 g/mol. The van der Waals surface area contributed by atoms with E-state index in [1.54, 1.807) is 30.3 Å². The van der Waals surface area contributed by atoms with Gasteiger partial charge in [0.05, 0.1) is 5.56 Å². The smallest absolute Gasteiger partial charge is 0.410 e. The molecule has 140 valence electrons. The van der Waals surface area contributed by atoms with Gasteiger partial charge in [0.1, 0.15) is 5.71 Å². The van der Waals surface area contributed by atoms with Crippen molar-refractivity contribution in [3.8, 4) is 11.1 Å². The van der Waals surface area contributed by atoms with E-state index >= 15 is 0 Å². The number of hydrogen-bond acceptors (Lipinski definition) is 3. The molecule has 0 fully saturated rings. The molecule has 0 atom stereocenters. The summed E-state index contributed by atoms with van der Waals surface area (Å²) in [5.41, 5.74) is 2.86. The van der Waals surface area contributed by atoms with Gasteiger partial charge < -0.3 is 10.5 Å². The quantitative estimate of drug-likeness (QED) is 0.371. The monoisotopic (exact) mass is 382 g/mol. The molecule has 0 aliphatic heterocycles. The predicted octanol–water partition coefficient (Wildman–Crippen LogP) is 5.16. The van der Waals surface area contributed by atoms with Crippen molar-refractivity contribution in [3.63, 3.8) is 0 Å². The van der Waals surface area contributed by atoms with Gasteiger partial charge in [-0.15, -0.1) is 0 Å². The maximum Gasteiger partial charge on any atom is 0.416 e. The second kappa shape index (κ2) is 6.53. The van der Waals surface area contributed by atoms with Gasteiger partial charge in [-0.2, -0.15) is 13.2 Å².